The summed E-state index contributed by atoms with van der Waals surface area (Å²) in [5, 5.41) is 0.454. The molecule has 13 heavy (non-hydrogen) atoms. The maximum Gasteiger partial charge on any atom is 0.160 e. The van der Waals surface area contributed by atoms with Crippen LogP contribution in [0.25, 0.3) is 0 Å². The van der Waals surface area contributed by atoms with Gasteiger partial charge in [-0.05, 0) is 31.5 Å². The van der Waals surface area contributed by atoms with Gasteiger partial charge in [0.2, 0.25) is 0 Å². The molecule has 0 heterocycles. The van der Waals surface area contributed by atoms with E-state index in [1.165, 1.54) is 6.92 Å². The number of Topliss-reactive ketones (excluding diaryl/α,β-unsaturated/α-hetero) is 1. The largest absolute Gasteiger partial charge is 0.298 e. The molecule has 0 fully saturated rings. The zero-order chi connectivity index (χ0) is 10.0. The van der Waals surface area contributed by atoms with E-state index in [9.17, 15) is 9.59 Å². The molecule has 0 bridgehead atoms. The second kappa shape index (κ2) is 3.71. The first kappa shape index (κ1) is 9.93. The zero-order valence-corrected chi connectivity index (χ0v) is 8.18. The first-order valence-electron chi connectivity index (χ1n) is 3.82. The van der Waals surface area contributed by atoms with Crippen LogP contribution in [0.2, 0.25) is 5.02 Å². The highest BCUT2D eigenvalue weighted by molar-refractivity contribution is 6.32. The summed E-state index contributed by atoms with van der Waals surface area (Å²) < 4.78 is 0. The van der Waals surface area contributed by atoms with Gasteiger partial charge in [-0.1, -0.05) is 11.6 Å². The third kappa shape index (κ3) is 1.95. The molecule has 1 aromatic rings. The van der Waals surface area contributed by atoms with Crippen molar-refractivity contribution in [1.82, 2.24) is 0 Å². The predicted octanol–water partition coefficient (Wildman–Crippen LogP) is 2.66. The Kier molecular flexibility index (Phi) is 2.83. The van der Waals surface area contributed by atoms with Crippen LogP contribution < -0.4 is 0 Å². The maximum absolute atomic E-state index is 11.1. The summed E-state index contributed by atoms with van der Waals surface area (Å²) in [7, 11) is 0. The summed E-state index contributed by atoms with van der Waals surface area (Å²) in [6.45, 7) is 3.21. The van der Waals surface area contributed by atoms with E-state index >= 15 is 0 Å². The molecule has 0 saturated carbocycles. The number of rotatable bonds is 2. The highest BCUT2D eigenvalue weighted by Gasteiger charge is 2.08. The second-order valence-corrected chi connectivity index (χ2v) is 3.26. The quantitative estimate of drug-likeness (QED) is 0.538. The maximum atomic E-state index is 11.1. The Bertz CT molecular complexity index is 369. The fourth-order valence-electron chi connectivity index (χ4n) is 1.13. The zero-order valence-electron chi connectivity index (χ0n) is 7.43. The molecule has 68 valence electrons. The van der Waals surface area contributed by atoms with Crippen LogP contribution in [0.15, 0.2) is 12.1 Å². The van der Waals surface area contributed by atoms with E-state index < -0.39 is 0 Å². The van der Waals surface area contributed by atoms with Crippen LogP contribution in [0.4, 0.5) is 0 Å². The van der Waals surface area contributed by atoms with Crippen LogP contribution in [-0.4, -0.2) is 12.1 Å². The number of benzene rings is 1. The van der Waals surface area contributed by atoms with Gasteiger partial charge in [-0.2, -0.15) is 0 Å². The van der Waals surface area contributed by atoms with Gasteiger partial charge in [0.1, 0.15) is 6.29 Å². The van der Waals surface area contributed by atoms with Gasteiger partial charge in [-0.3, -0.25) is 9.59 Å². The van der Waals surface area contributed by atoms with Crippen molar-refractivity contribution < 1.29 is 9.59 Å². The molecular weight excluding hydrogens is 188 g/mol. The molecule has 0 radical (unpaired) electrons. The number of ketones is 1. The minimum absolute atomic E-state index is 0.0805. The Labute approximate surface area is 81.5 Å². The number of carbonyl (C=O) groups excluding carboxylic acids is 2. The van der Waals surface area contributed by atoms with Crippen molar-refractivity contribution in [3.63, 3.8) is 0 Å². The van der Waals surface area contributed by atoms with Crippen molar-refractivity contribution in [1.29, 1.82) is 0 Å². The normalized spacial score (nSPS) is 9.77. The van der Waals surface area contributed by atoms with Gasteiger partial charge in [0.25, 0.3) is 0 Å². The first-order valence-corrected chi connectivity index (χ1v) is 4.20. The fourth-order valence-corrected chi connectivity index (χ4v) is 1.36. The molecule has 0 aromatic heterocycles. The topological polar surface area (TPSA) is 34.1 Å². The summed E-state index contributed by atoms with van der Waals surface area (Å²) in [5.74, 6) is -0.0805. The minimum Gasteiger partial charge on any atom is -0.298 e. The number of hydrogen-bond donors (Lipinski definition) is 0. The molecule has 0 spiro atoms. The van der Waals surface area contributed by atoms with Gasteiger partial charge < -0.3 is 0 Å². The molecule has 0 unspecified atom stereocenters. The van der Waals surface area contributed by atoms with Gasteiger partial charge >= 0.3 is 0 Å². The third-order valence-electron chi connectivity index (χ3n) is 1.88. The lowest BCUT2D eigenvalue weighted by Crippen LogP contribution is -1.98. The van der Waals surface area contributed by atoms with E-state index in [1.807, 2.05) is 0 Å². The average Bonchev–Trinajstić information content (AvgIpc) is 2.09. The number of halogens is 1. The molecule has 0 saturated heterocycles. The van der Waals surface area contributed by atoms with Gasteiger partial charge in [0.15, 0.2) is 5.78 Å². The molecule has 0 aliphatic rings. The number of hydrogen-bond acceptors (Lipinski definition) is 2. The molecule has 0 aliphatic carbocycles. The molecular formula is C10H9ClO2. The van der Waals surface area contributed by atoms with Crippen LogP contribution >= 0.6 is 11.6 Å². The summed E-state index contributed by atoms with van der Waals surface area (Å²) in [6, 6.07) is 3.10. The van der Waals surface area contributed by atoms with E-state index in [1.54, 1.807) is 19.1 Å². The smallest absolute Gasteiger partial charge is 0.160 e. The van der Waals surface area contributed by atoms with Gasteiger partial charge in [-0.15, -0.1) is 0 Å². The van der Waals surface area contributed by atoms with Crippen LogP contribution in [0.1, 0.15) is 33.2 Å². The van der Waals surface area contributed by atoms with Gasteiger partial charge in [-0.25, -0.2) is 0 Å². The summed E-state index contributed by atoms with van der Waals surface area (Å²) in [6.07, 6.45) is 0.678. The number of carbonyl (C=O) groups is 2. The van der Waals surface area contributed by atoms with Crippen molar-refractivity contribution in [2.75, 3.05) is 0 Å². The van der Waals surface area contributed by atoms with Crippen LogP contribution in [0.3, 0.4) is 0 Å². The standard InChI is InChI=1S/C10H9ClO2/c1-6-9(7(2)13)3-8(5-12)4-10(6)11/h3-5H,1-2H3. The van der Waals surface area contributed by atoms with E-state index in [0.29, 0.717) is 22.4 Å². The number of aldehydes is 1. The third-order valence-corrected chi connectivity index (χ3v) is 2.27. The first-order chi connectivity index (χ1) is 6.06. The fraction of sp³-hybridized carbons (Fsp3) is 0.200. The molecule has 0 aliphatic heterocycles. The summed E-state index contributed by atoms with van der Waals surface area (Å²) in [5.41, 5.74) is 1.66. The van der Waals surface area contributed by atoms with Crippen LogP contribution in [0.5, 0.6) is 0 Å². The van der Waals surface area contributed by atoms with Crippen molar-refractivity contribution in [3.05, 3.63) is 33.8 Å². The van der Waals surface area contributed by atoms with Crippen molar-refractivity contribution >= 4 is 23.7 Å². The average molecular weight is 197 g/mol. The van der Waals surface area contributed by atoms with Gasteiger partial charge in [0, 0.05) is 16.1 Å². The van der Waals surface area contributed by atoms with Crippen molar-refractivity contribution in [3.8, 4) is 0 Å². The molecule has 1 aromatic carbocycles. The van der Waals surface area contributed by atoms with Gasteiger partial charge in [0.05, 0.1) is 0 Å². The Morgan fingerprint density at radius 2 is 2.08 bits per heavy atom. The summed E-state index contributed by atoms with van der Waals surface area (Å²) >= 11 is 5.83. The Hall–Kier alpha value is -1.15. The molecule has 0 amide bonds. The second-order valence-electron chi connectivity index (χ2n) is 2.85. The summed E-state index contributed by atoms with van der Waals surface area (Å²) in [4.78, 5) is 21.6. The lowest BCUT2D eigenvalue weighted by atomic mass is 10.0. The monoisotopic (exact) mass is 196 g/mol. The van der Waals surface area contributed by atoms with E-state index in [2.05, 4.69) is 0 Å². The lowest BCUT2D eigenvalue weighted by molar-refractivity contribution is 0.101. The molecule has 0 N–H and O–H groups in total. The Morgan fingerprint density at radius 3 is 2.54 bits per heavy atom. The van der Waals surface area contributed by atoms with E-state index in [-0.39, 0.29) is 5.78 Å². The Balaban J connectivity index is 3.41. The highest BCUT2D eigenvalue weighted by Crippen LogP contribution is 2.21. The van der Waals surface area contributed by atoms with E-state index in [0.717, 1.165) is 5.56 Å². The molecule has 3 heteroatoms. The highest BCUT2D eigenvalue weighted by atomic mass is 35.5. The SMILES string of the molecule is CC(=O)c1cc(C=O)cc(Cl)c1C. The predicted molar refractivity (Wildman–Crippen MR) is 51.6 cm³/mol. The van der Waals surface area contributed by atoms with Crippen LogP contribution in [0, 0.1) is 6.92 Å². The molecule has 2 nitrogen and oxygen atoms in total. The molecule has 1 rings (SSSR count). The minimum atomic E-state index is -0.0805. The van der Waals surface area contributed by atoms with E-state index in [4.69, 9.17) is 11.6 Å². The van der Waals surface area contributed by atoms with Crippen LogP contribution in [-0.2, 0) is 0 Å². The molecule has 0 atom stereocenters. The van der Waals surface area contributed by atoms with Crippen molar-refractivity contribution in [2.45, 2.75) is 13.8 Å². The van der Waals surface area contributed by atoms with Crippen molar-refractivity contribution in [2.24, 2.45) is 0 Å². The Morgan fingerprint density at radius 1 is 1.46 bits per heavy atom. The lowest BCUT2D eigenvalue weighted by Gasteiger charge is -2.04.